The second-order valence-corrected chi connectivity index (χ2v) is 6.54. The first-order valence-corrected chi connectivity index (χ1v) is 9.58. The molecule has 27 heavy (non-hydrogen) atoms. The molecule has 144 valence electrons. The Morgan fingerprint density at radius 2 is 1.67 bits per heavy atom. The molecule has 0 bridgehead atoms. The lowest BCUT2D eigenvalue weighted by Gasteiger charge is -2.34. The van der Waals surface area contributed by atoms with Crippen LogP contribution in [0.3, 0.4) is 0 Å². The van der Waals surface area contributed by atoms with E-state index in [1.54, 1.807) is 12.4 Å². The van der Waals surface area contributed by atoms with Gasteiger partial charge in [-0.05, 0) is 18.1 Å². The molecule has 1 aliphatic heterocycles. The molecule has 2 N–H and O–H groups in total. The molecule has 0 unspecified atom stereocenters. The number of benzene rings is 1. The summed E-state index contributed by atoms with van der Waals surface area (Å²) in [6.07, 6.45) is 4.59. The fourth-order valence-corrected chi connectivity index (χ4v) is 3.15. The van der Waals surface area contributed by atoms with Gasteiger partial charge in [0.2, 0.25) is 5.95 Å². The van der Waals surface area contributed by atoms with E-state index in [0.717, 1.165) is 64.1 Å². The molecule has 1 fully saturated rings. The summed E-state index contributed by atoms with van der Waals surface area (Å²) >= 11 is 0. The summed E-state index contributed by atoms with van der Waals surface area (Å²) in [5.41, 5.74) is 1.33. The molecule has 7 heteroatoms. The Morgan fingerprint density at radius 1 is 0.963 bits per heavy atom. The highest BCUT2D eigenvalue weighted by molar-refractivity contribution is 5.79. The van der Waals surface area contributed by atoms with E-state index in [4.69, 9.17) is 0 Å². The second-order valence-electron chi connectivity index (χ2n) is 6.54. The topological polar surface area (TPSA) is 68.7 Å². The predicted octanol–water partition coefficient (Wildman–Crippen LogP) is 1.01. The summed E-state index contributed by atoms with van der Waals surface area (Å²) in [6.45, 7) is 6.75. The molecule has 2 aromatic rings. The van der Waals surface area contributed by atoms with Crippen molar-refractivity contribution in [2.45, 2.75) is 6.42 Å². The summed E-state index contributed by atoms with van der Waals surface area (Å²) in [7, 11) is 1.82. The zero-order chi connectivity index (χ0) is 18.7. The van der Waals surface area contributed by atoms with Crippen LogP contribution in [0.2, 0.25) is 0 Å². The van der Waals surface area contributed by atoms with Gasteiger partial charge in [-0.1, -0.05) is 30.3 Å². The van der Waals surface area contributed by atoms with Gasteiger partial charge in [0.05, 0.1) is 0 Å². The Kier molecular flexibility index (Phi) is 7.41. The number of anilines is 1. The SMILES string of the molecule is CN=C(NCCc1ccccc1)NCCN1CCN(c2ncccn2)CC1. The van der Waals surface area contributed by atoms with Gasteiger partial charge in [-0.3, -0.25) is 9.89 Å². The van der Waals surface area contributed by atoms with Crippen molar-refractivity contribution in [1.29, 1.82) is 0 Å². The first-order valence-electron chi connectivity index (χ1n) is 9.58. The lowest BCUT2D eigenvalue weighted by molar-refractivity contribution is 0.260. The smallest absolute Gasteiger partial charge is 0.225 e. The van der Waals surface area contributed by atoms with E-state index in [1.165, 1.54) is 5.56 Å². The first kappa shape index (κ1) is 19.1. The molecule has 1 aliphatic rings. The summed E-state index contributed by atoms with van der Waals surface area (Å²) in [6, 6.07) is 12.4. The molecule has 2 heterocycles. The van der Waals surface area contributed by atoms with Gasteiger partial charge in [0, 0.05) is 65.3 Å². The van der Waals surface area contributed by atoms with Gasteiger partial charge < -0.3 is 15.5 Å². The number of nitrogens with zero attached hydrogens (tertiary/aromatic N) is 5. The van der Waals surface area contributed by atoms with Crippen LogP contribution in [0.4, 0.5) is 5.95 Å². The zero-order valence-electron chi connectivity index (χ0n) is 16.0. The molecule has 7 nitrogen and oxygen atoms in total. The van der Waals surface area contributed by atoms with E-state index >= 15 is 0 Å². The molecule has 3 rings (SSSR count). The van der Waals surface area contributed by atoms with Crippen LogP contribution in [0.1, 0.15) is 5.56 Å². The third-order valence-electron chi connectivity index (χ3n) is 4.70. The summed E-state index contributed by atoms with van der Waals surface area (Å²) < 4.78 is 0. The second kappa shape index (κ2) is 10.5. The highest BCUT2D eigenvalue weighted by Gasteiger charge is 2.18. The number of aliphatic imine (C=N–C) groups is 1. The van der Waals surface area contributed by atoms with E-state index in [2.05, 4.69) is 59.7 Å². The van der Waals surface area contributed by atoms with Crippen LogP contribution in [0.25, 0.3) is 0 Å². The number of piperazine rings is 1. The maximum Gasteiger partial charge on any atom is 0.225 e. The van der Waals surface area contributed by atoms with Crippen molar-refractivity contribution in [3.63, 3.8) is 0 Å². The Morgan fingerprint density at radius 3 is 2.37 bits per heavy atom. The minimum Gasteiger partial charge on any atom is -0.356 e. The van der Waals surface area contributed by atoms with Crippen molar-refractivity contribution < 1.29 is 0 Å². The molecule has 0 atom stereocenters. The average Bonchev–Trinajstić information content (AvgIpc) is 2.74. The summed E-state index contributed by atoms with van der Waals surface area (Å²) in [5, 5.41) is 6.78. The van der Waals surface area contributed by atoms with Crippen LogP contribution in [-0.4, -0.2) is 73.7 Å². The number of hydrogen-bond acceptors (Lipinski definition) is 5. The van der Waals surface area contributed by atoms with Gasteiger partial charge in [0.15, 0.2) is 5.96 Å². The van der Waals surface area contributed by atoms with Crippen LogP contribution >= 0.6 is 0 Å². The lowest BCUT2D eigenvalue weighted by atomic mass is 10.1. The molecule has 0 aliphatic carbocycles. The molecule has 1 aromatic carbocycles. The Balaban J connectivity index is 1.31. The predicted molar refractivity (Wildman–Crippen MR) is 110 cm³/mol. The van der Waals surface area contributed by atoms with Gasteiger partial charge in [0.1, 0.15) is 0 Å². The van der Waals surface area contributed by atoms with E-state index in [1.807, 2.05) is 19.2 Å². The van der Waals surface area contributed by atoms with Crippen molar-refractivity contribution in [2.24, 2.45) is 4.99 Å². The van der Waals surface area contributed by atoms with Crippen LogP contribution < -0.4 is 15.5 Å². The number of hydrogen-bond donors (Lipinski definition) is 2. The largest absolute Gasteiger partial charge is 0.356 e. The Bertz CT molecular complexity index is 682. The molecule has 0 spiro atoms. The molecule has 1 aromatic heterocycles. The monoisotopic (exact) mass is 367 g/mol. The van der Waals surface area contributed by atoms with Gasteiger partial charge in [-0.2, -0.15) is 0 Å². The zero-order valence-corrected chi connectivity index (χ0v) is 16.0. The van der Waals surface area contributed by atoms with E-state index < -0.39 is 0 Å². The maximum absolute atomic E-state index is 4.33. The molecule has 1 saturated heterocycles. The van der Waals surface area contributed by atoms with Gasteiger partial charge in [0.25, 0.3) is 0 Å². The highest BCUT2D eigenvalue weighted by atomic mass is 15.3. The third kappa shape index (κ3) is 6.21. The van der Waals surface area contributed by atoms with Crippen molar-refractivity contribution >= 4 is 11.9 Å². The molecule has 0 saturated carbocycles. The third-order valence-corrected chi connectivity index (χ3v) is 4.70. The fraction of sp³-hybridized carbons (Fsp3) is 0.450. The van der Waals surface area contributed by atoms with Crippen molar-refractivity contribution in [3.05, 3.63) is 54.4 Å². The molecule has 0 radical (unpaired) electrons. The fourth-order valence-electron chi connectivity index (χ4n) is 3.15. The highest BCUT2D eigenvalue weighted by Crippen LogP contribution is 2.09. The van der Waals surface area contributed by atoms with Crippen LogP contribution in [0.5, 0.6) is 0 Å². The van der Waals surface area contributed by atoms with Crippen LogP contribution in [0, 0.1) is 0 Å². The standard InChI is InChI=1S/C20H29N7/c1-21-19(22-11-8-18-6-3-2-4-7-18)23-12-13-26-14-16-27(17-15-26)20-24-9-5-10-25-20/h2-7,9-10H,8,11-17H2,1H3,(H2,21,22,23). The Labute approximate surface area is 161 Å². The van der Waals surface area contributed by atoms with Crippen LogP contribution in [0.15, 0.2) is 53.8 Å². The maximum atomic E-state index is 4.33. The normalized spacial score (nSPS) is 15.6. The van der Waals surface area contributed by atoms with Crippen molar-refractivity contribution in [3.8, 4) is 0 Å². The van der Waals surface area contributed by atoms with E-state index in [-0.39, 0.29) is 0 Å². The van der Waals surface area contributed by atoms with Crippen LogP contribution in [-0.2, 0) is 6.42 Å². The number of rotatable bonds is 7. The number of nitrogens with one attached hydrogen (secondary N) is 2. The van der Waals surface area contributed by atoms with Gasteiger partial charge in [-0.15, -0.1) is 0 Å². The number of aromatic nitrogens is 2. The van der Waals surface area contributed by atoms with Crippen molar-refractivity contribution in [1.82, 2.24) is 25.5 Å². The minimum absolute atomic E-state index is 0.832. The van der Waals surface area contributed by atoms with Crippen molar-refractivity contribution in [2.75, 3.05) is 57.8 Å². The Hall–Kier alpha value is -2.67. The van der Waals surface area contributed by atoms with E-state index in [9.17, 15) is 0 Å². The summed E-state index contributed by atoms with van der Waals surface area (Å²) in [4.78, 5) is 17.7. The quantitative estimate of drug-likeness (QED) is 0.562. The molecular weight excluding hydrogens is 338 g/mol. The van der Waals surface area contributed by atoms with Gasteiger partial charge in [-0.25, -0.2) is 9.97 Å². The minimum atomic E-state index is 0.832. The van der Waals surface area contributed by atoms with Gasteiger partial charge >= 0.3 is 0 Å². The van der Waals surface area contributed by atoms with E-state index in [0.29, 0.717) is 0 Å². The first-order chi connectivity index (χ1) is 13.3. The lowest BCUT2D eigenvalue weighted by Crippen LogP contribution is -2.49. The molecular formula is C20H29N7. The number of guanidine groups is 1. The molecule has 0 amide bonds. The summed E-state index contributed by atoms with van der Waals surface area (Å²) in [5.74, 6) is 1.69. The average molecular weight is 368 g/mol.